The number of rotatable bonds is 7. The maximum Gasteiger partial charge on any atom is 0.187 e. The molecule has 16 nitrogen and oxygen atoms in total. The van der Waals surface area contributed by atoms with Crippen LogP contribution in [0.3, 0.4) is 0 Å². The third kappa shape index (κ3) is 5.37. The summed E-state index contributed by atoms with van der Waals surface area (Å²) in [7, 11) is 0. The Morgan fingerprint density at radius 2 is 0.853 bits per heavy atom. The summed E-state index contributed by atoms with van der Waals surface area (Å²) in [5.41, 5.74) is 0. The van der Waals surface area contributed by atoms with Crippen LogP contribution in [0.5, 0.6) is 0 Å². The van der Waals surface area contributed by atoms with Crippen LogP contribution in [0.4, 0.5) is 0 Å². The van der Waals surface area contributed by atoms with Gasteiger partial charge in [-0.15, -0.1) is 0 Å². The lowest BCUT2D eigenvalue weighted by Gasteiger charge is -2.47. The molecule has 16 heteroatoms. The van der Waals surface area contributed by atoms with Gasteiger partial charge in [-0.2, -0.15) is 0 Å². The average molecular weight is 504 g/mol. The SMILES string of the molecule is OC[C@H]1O[C@@H](O[C@H]2[C@H](O)[C@@H](O)[C@H](O[C@H]3[C@H](O)[C@H](O)C(O)O[C@@H]3CO)O[C@@H]2CO)[C@H](O)[C@@H](O)[C@@H]1O. The number of hydrogen-bond acceptors (Lipinski definition) is 16. The lowest BCUT2D eigenvalue weighted by Crippen LogP contribution is -2.66. The van der Waals surface area contributed by atoms with E-state index in [0.29, 0.717) is 0 Å². The van der Waals surface area contributed by atoms with Crippen molar-refractivity contribution in [1.82, 2.24) is 0 Å². The van der Waals surface area contributed by atoms with E-state index in [9.17, 15) is 56.2 Å². The third-order valence-electron chi connectivity index (χ3n) is 6.09. The fourth-order valence-corrected chi connectivity index (χ4v) is 4.06. The lowest BCUT2D eigenvalue weighted by atomic mass is 9.96. The second-order valence-corrected chi connectivity index (χ2v) is 8.33. The average Bonchev–Trinajstić information content (AvgIpc) is 2.83. The second-order valence-electron chi connectivity index (χ2n) is 8.33. The Bertz CT molecular complexity index is 635. The van der Waals surface area contributed by atoms with Gasteiger partial charge in [0.1, 0.15) is 73.2 Å². The van der Waals surface area contributed by atoms with Gasteiger partial charge in [-0.1, -0.05) is 0 Å². The van der Waals surface area contributed by atoms with Crippen molar-refractivity contribution in [2.45, 2.75) is 92.1 Å². The molecule has 1 unspecified atom stereocenters. The molecule has 0 aromatic rings. The summed E-state index contributed by atoms with van der Waals surface area (Å²) in [6.45, 7) is -2.32. The largest absolute Gasteiger partial charge is 0.394 e. The van der Waals surface area contributed by atoms with Crippen molar-refractivity contribution in [1.29, 1.82) is 0 Å². The molecule has 3 rings (SSSR count). The smallest absolute Gasteiger partial charge is 0.187 e. The van der Waals surface area contributed by atoms with Gasteiger partial charge in [0.2, 0.25) is 0 Å². The van der Waals surface area contributed by atoms with Crippen LogP contribution in [0, 0.1) is 0 Å². The highest BCUT2D eigenvalue weighted by molar-refractivity contribution is 4.96. The van der Waals surface area contributed by atoms with Gasteiger partial charge in [0, 0.05) is 0 Å². The predicted molar refractivity (Wildman–Crippen MR) is 101 cm³/mol. The quantitative estimate of drug-likeness (QED) is 0.154. The summed E-state index contributed by atoms with van der Waals surface area (Å²) in [6.07, 6.45) is -25.1. The Morgan fingerprint density at radius 1 is 0.441 bits per heavy atom. The Kier molecular flexibility index (Phi) is 9.54. The van der Waals surface area contributed by atoms with Crippen molar-refractivity contribution in [2.75, 3.05) is 19.8 Å². The monoisotopic (exact) mass is 504 g/mol. The minimum Gasteiger partial charge on any atom is -0.394 e. The van der Waals surface area contributed by atoms with Gasteiger partial charge in [0.15, 0.2) is 18.9 Å². The highest BCUT2D eigenvalue weighted by atomic mass is 16.8. The Balaban J connectivity index is 1.72. The van der Waals surface area contributed by atoms with Crippen LogP contribution in [0.2, 0.25) is 0 Å². The Labute approximate surface area is 192 Å². The Morgan fingerprint density at radius 3 is 1.35 bits per heavy atom. The highest BCUT2D eigenvalue weighted by Gasteiger charge is 2.53. The normalized spacial score (nSPS) is 52.5. The van der Waals surface area contributed by atoms with Crippen LogP contribution in [0.1, 0.15) is 0 Å². The second kappa shape index (κ2) is 11.6. The molecule has 0 bridgehead atoms. The molecule has 34 heavy (non-hydrogen) atoms. The molecule has 3 aliphatic heterocycles. The first-order valence-electron chi connectivity index (χ1n) is 10.6. The van der Waals surface area contributed by atoms with E-state index in [0.717, 1.165) is 0 Å². The van der Waals surface area contributed by atoms with Gasteiger partial charge in [-0.05, 0) is 0 Å². The summed E-state index contributed by atoms with van der Waals surface area (Å²) in [4.78, 5) is 0. The van der Waals surface area contributed by atoms with Crippen molar-refractivity contribution in [3.05, 3.63) is 0 Å². The molecule has 200 valence electrons. The molecule has 0 aromatic heterocycles. The van der Waals surface area contributed by atoms with Crippen molar-refractivity contribution >= 4 is 0 Å². The van der Waals surface area contributed by atoms with E-state index in [-0.39, 0.29) is 0 Å². The van der Waals surface area contributed by atoms with E-state index in [4.69, 9.17) is 23.7 Å². The third-order valence-corrected chi connectivity index (χ3v) is 6.09. The van der Waals surface area contributed by atoms with E-state index in [1.165, 1.54) is 0 Å². The topological polar surface area (TPSA) is 269 Å². The predicted octanol–water partition coefficient (Wildman–Crippen LogP) is -7.57. The summed E-state index contributed by atoms with van der Waals surface area (Å²) in [5, 5.41) is 109. The van der Waals surface area contributed by atoms with Crippen LogP contribution in [0.15, 0.2) is 0 Å². The number of ether oxygens (including phenoxy) is 5. The summed E-state index contributed by atoms with van der Waals surface area (Å²) in [5.74, 6) is 0. The Hall–Kier alpha value is -0.640. The van der Waals surface area contributed by atoms with Crippen LogP contribution >= 0.6 is 0 Å². The molecular formula is C18H32O16. The maximum atomic E-state index is 10.6. The molecule has 3 heterocycles. The van der Waals surface area contributed by atoms with Gasteiger partial charge < -0.3 is 79.9 Å². The lowest BCUT2D eigenvalue weighted by molar-refractivity contribution is -0.377. The van der Waals surface area contributed by atoms with Gasteiger partial charge in [0.25, 0.3) is 0 Å². The molecule has 0 aromatic carbocycles. The van der Waals surface area contributed by atoms with Gasteiger partial charge >= 0.3 is 0 Å². The molecule has 0 radical (unpaired) electrons. The molecule has 0 saturated carbocycles. The van der Waals surface area contributed by atoms with Crippen LogP contribution < -0.4 is 0 Å². The molecule has 0 aliphatic carbocycles. The first-order chi connectivity index (χ1) is 16.0. The van der Waals surface area contributed by atoms with E-state index in [1.54, 1.807) is 0 Å². The molecule has 3 fully saturated rings. The highest BCUT2D eigenvalue weighted by Crippen LogP contribution is 2.32. The van der Waals surface area contributed by atoms with Gasteiger partial charge in [0.05, 0.1) is 19.8 Å². The first kappa shape index (κ1) is 27.9. The van der Waals surface area contributed by atoms with E-state index in [1.807, 2.05) is 0 Å². The zero-order valence-corrected chi connectivity index (χ0v) is 17.7. The number of aliphatic hydroxyl groups excluding tert-OH is 11. The summed E-state index contributed by atoms with van der Waals surface area (Å²) in [6, 6.07) is 0. The minimum atomic E-state index is -1.91. The summed E-state index contributed by atoms with van der Waals surface area (Å²) >= 11 is 0. The van der Waals surface area contributed by atoms with E-state index < -0.39 is 112 Å². The van der Waals surface area contributed by atoms with Crippen molar-refractivity contribution in [2.24, 2.45) is 0 Å². The number of aliphatic hydroxyl groups is 11. The molecule has 3 saturated heterocycles. The molecule has 11 N–H and O–H groups in total. The summed E-state index contributed by atoms with van der Waals surface area (Å²) < 4.78 is 26.4. The number of hydrogen-bond donors (Lipinski definition) is 11. The van der Waals surface area contributed by atoms with Gasteiger partial charge in [-0.25, -0.2) is 0 Å². The maximum absolute atomic E-state index is 10.6. The zero-order chi connectivity index (χ0) is 25.3. The van der Waals surface area contributed by atoms with Crippen molar-refractivity contribution in [3.63, 3.8) is 0 Å². The van der Waals surface area contributed by atoms with Crippen LogP contribution in [-0.2, 0) is 23.7 Å². The van der Waals surface area contributed by atoms with Gasteiger partial charge in [-0.3, -0.25) is 0 Å². The molecule has 0 amide bonds. The minimum absolute atomic E-state index is 0.741. The van der Waals surface area contributed by atoms with Crippen molar-refractivity contribution in [3.8, 4) is 0 Å². The van der Waals surface area contributed by atoms with Crippen LogP contribution in [0.25, 0.3) is 0 Å². The standard InChI is InChI=1S/C18H32O16/c19-1-4-7(22)8(23)12(27)17(31-4)34-15-6(3-21)32-18(13(28)10(15)25)33-14-5(2-20)30-16(29)11(26)9(14)24/h4-29H,1-3H2/t4-,5-,6-,7-,8+,9-,10-,11+,12-,13-,14-,15-,16?,17+,18+/m1/s1. The fourth-order valence-electron chi connectivity index (χ4n) is 4.06. The molecule has 15 atom stereocenters. The fraction of sp³-hybridized carbons (Fsp3) is 1.00. The van der Waals surface area contributed by atoms with Crippen LogP contribution in [-0.4, -0.2) is 168 Å². The first-order valence-corrected chi connectivity index (χ1v) is 10.6. The molecular weight excluding hydrogens is 472 g/mol. The van der Waals surface area contributed by atoms with Crippen molar-refractivity contribution < 1.29 is 79.9 Å². The molecule has 3 aliphatic rings. The zero-order valence-electron chi connectivity index (χ0n) is 17.7. The van der Waals surface area contributed by atoms with E-state index in [2.05, 4.69) is 0 Å². The van der Waals surface area contributed by atoms with E-state index >= 15 is 0 Å². The molecule has 0 spiro atoms.